The van der Waals surface area contributed by atoms with Crippen LogP contribution in [0.25, 0.3) is 0 Å². The fourth-order valence-electron chi connectivity index (χ4n) is 5.72. The topological polar surface area (TPSA) is 70.1 Å². The maximum Gasteiger partial charge on any atom is 0.326 e. The largest absolute Gasteiger partial charge is 0.493 e. The van der Waals surface area contributed by atoms with Gasteiger partial charge >= 0.3 is 5.97 Å². The van der Waals surface area contributed by atoms with E-state index in [4.69, 9.17) is 27.9 Å². The van der Waals surface area contributed by atoms with E-state index in [0.29, 0.717) is 28.3 Å². The van der Waals surface area contributed by atoms with Crippen LogP contribution in [0.4, 0.5) is 8.78 Å². The van der Waals surface area contributed by atoms with Crippen molar-refractivity contribution < 1.29 is 28.2 Å². The summed E-state index contributed by atoms with van der Waals surface area (Å²) in [6, 6.07) is 7.15. The van der Waals surface area contributed by atoms with E-state index in [2.05, 4.69) is 11.8 Å². The maximum atomic E-state index is 15.2. The van der Waals surface area contributed by atoms with Gasteiger partial charge in [0.05, 0.1) is 18.7 Å². The van der Waals surface area contributed by atoms with Crippen molar-refractivity contribution in [3.05, 3.63) is 62.9 Å². The second kappa shape index (κ2) is 11.6. The Bertz CT molecular complexity index is 1250. The number of carbonyl (C=O) groups is 2. The summed E-state index contributed by atoms with van der Waals surface area (Å²) in [6.45, 7) is 3.97. The highest BCUT2D eigenvalue weighted by molar-refractivity contribution is 6.35. The first-order valence-corrected chi connectivity index (χ1v) is 14.2. The van der Waals surface area contributed by atoms with Crippen molar-refractivity contribution in [3.8, 4) is 5.75 Å². The lowest BCUT2D eigenvalue weighted by atomic mass is 9.95. The Hall–Kier alpha value is -2.42. The molecule has 1 saturated carbocycles. The molecule has 210 valence electrons. The van der Waals surface area contributed by atoms with Gasteiger partial charge in [0.25, 0.3) is 5.91 Å². The number of carboxylic acid groups (broad SMARTS) is 1. The quantitative estimate of drug-likeness (QED) is 0.386. The van der Waals surface area contributed by atoms with E-state index in [1.165, 1.54) is 12.1 Å². The van der Waals surface area contributed by atoms with Crippen LogP contribution < -0.4 is 4.74 Å². The molecule has 2 aromatic rings. The first kappa shape index (κ1) is 28.1. The fraction of sp³-hybridized carbons (Fsp3) is 0.517. The molecule has 2 aliphatic heterocycles. The van der Waals surface area contributed by atoms with Crippen LogP contribution in [0.1, 0.15) is 72.5 Å². The summed E-state index contributed by atoms with van der Waals surface area (Å²) in [5.41, 5.74) is 1.57. The van der Waals surface area contributed by atoms with Gasteiger partial charge in [-0.2, -0.15) is 0 Å². The average molecular weight is 581 g/mol. The molecule has 0 spiro atoms. The number of ether oxygens (including phenoxy) is 1. The second-order valence-electron chi connectivity index (χ2n) is 10.9. The van der Waals surface area contributed by atoms with Crippen molar-refractivity contribution in [2.24, 2.45) is 5.92 Å². The molecule has 3 aliphatic rings. The molecule has 2 heterocycles. The molecule has 10 heteroatoms. The van der Waals surface area contributed by atoms with Crippen LogP contribution in [-0.4, -0.2) is 65.2 Å². The number of hydrogen-bond acceptors (Lipinski definition) is 4. The third-order valence-electron chi connectivity index (χ3n) is 8.23. The van der Waals surface area contributed by atoms with Crippen LogP contribution in [0.3, 0.4) is 0 Å². The minimum atomic E-state index is -1.44. The van der Waals surface area contributed by atoms with Crippen molar-refractivity contribution in [2.45, 2.75) is 63.2 Å². The zero-order chi connectivity index (χ0) is 27.8. The van der Waals surface area contributed by atoms with Gasteiger partial charge in [0.1, 0.15) is 23.8 Å². The highest BCUT2D eigenvalue weighted by Crippen LogP contribution is 2.45. The number of carboxylic acids is 1. The van der Waals surface area contributed by atoms with Gasteiger partial charge in [0.15, 0.2) is 0 Å². The summed E-state index contributed by atoms with van der Waals surface area (Å²) in [5.74, 6) is -1.97. The van der Waals surface area contributed by atoms with Crippen molar-refractivity contribution in [3.63, 3.8) is 0 Å². The standard InChI is InChI=1S/C29H32Cl2F2N2O4/c1-16(21-5-4-19(30)10-24(21)31)34-8-6-17(7-9-34)15-39-27-13-25(33)23(12-22(27)18-2-3-18)28(36)35-14-20(32)11-26(35)29(37)38/h4-5,10,12-13,16-18,20,26H,2-3,6-9,11,14-15H2,1H3,(H,37,38)/t16?,20-,26+/m1/s1. The summed E-state index contributed by atoms with van der Waals surface area (Å²) in [7, 11) is 0. The first-order chi connectivity index (χ1) is 18.6. The molecule has 1 N–H and O–H groups in total. The van der Waals surface area contributed by atoms with Crippen LogP contribution in [0.2, 0.25) is 10.0 Å². The maximum absolute atomic E-state index is 15.2. The summed E-state index contributed by atoms with van der Waals surface area (Å²) in [5, 5.41) is 10.7. The number of aliphatic carboxylic acids is 1. The molecular formula is C29H32Cl2F2N2O4. The lowest BCUT2D eigenvalue weighted by Crippen LogP contribution is -2.41. The SMILES string of the molecule is CC(c1ccc(Cl)cc1Cl)N1CCC(COc2cc(F)c(C(=O)N3C[C@H](F)C[C@H]3C(=O)O)cc2C2CC2)CC1. The smallest absolute Gasteiger partial charge is 0.326 e. The zero-order valence-corrected chi connectivity index (χ0v) is 23.2. The van der Waals surface area contributed by atoms with Gasteiger partial charge in [-0.15, -0.1) is 0 Å². The number of piperidine rings is 1. The third kappa shape index (κ3) is 6.18. The Morgan fingerprint density at radius 3 is 2.49 bits per heavy atom. The molecular weight excluding hydrogens is 549 g/mol. The minimum absolute atomic E-state index is 0.154. The van der Waals surface area contributed by atoms with Crippen LogP contribution in [0.5, 0.6) is 5.75 Å². The van der Waals surface area contributed by atoms with E-state index in [0.717, 1.165) is 54.8 Å². The average Bonchev–Trinajstić information content (AvgIpc) is 3.67. The highest BCUT2D eigenvalue weighted by atomic mass is 35.5. The molecule has 2 saturated heterocycles. The van der Waals surface area contributed by atoms with Crippen molar-refractivity contribution >= 4 is 35.1 Å². The van der Waals surface area contributed by atoms with Gasteiger partial charge < -0.3 is 14.7 Å². The molecule has 6 nitrogen and oxygen atoms in total. The van der Waals surface area contributed by atoms with Gasteiger partial charge in [-0.05, 0) is 86.9 Å². The van der Waals surface area contributed by atoms with Gasteiger partial charge in [0, 0.05) is 28.6 Å². The van der Waals surface area contributed by atoms with Crippen molar-refractivity contribution in [1.29, 1.82) is 0 Å². The predicted molar refractivity (Wildman–Crippen MR) is 145 cm³/mol. The molecule has 2 aromatic carbocycles. The first-order valence-electron chi connectivity index (χ1n) is 13.5. The zero-order valence-electron chi connectivity index (χ0n) is 21.7. The van der Waals surface area contributed by atoms with Crippen LogP contribution in [0.15, 0.2) is 30.3 Å². The summed E-state index contributed by atoms with van der Waals surface area (Å²) >= 11 is 12.5. The third-order valence-corrected chi connectivity index (χ3v) is 8.79. The number of hydrogen-bond donors (Lipinski definition) is 1. The second-order valence-corrected chi connectivity index (χ2v) is 11.8. The molecule has 3 atom stereocenters. The van der Waals surface area contributed by atoms with E-state index in [1.54, 1.807) is 6.07 Å². The van der Waals surface area contributed by atoms with Gasteiger partial charge in [0.2, 0.25) is 0 Å². The number of carbonyl (C=O) groups excluding carboxylic acids is 1. The van der Waals surface area contributed by atoms with Gasteiger partial charge in [-0.25, -0.2) is 13.6 Å². The number of benzene rings is 2. The lowest BCUT2D eigenvalue weighted by Gasteiger charge is -2.36. The number of rotatable bonds is 8. The number of likely N-dealkylation sites (tertiary alicyclic amines) is 2. The number of nitrogens with zero attached hydrogens (tertiary/aromatic N) is 2. The lowest BCUT2D eigenvalue weighted by molar-refractivity contribution is -0.141. The number of alkyl halides is 1. The van der Waals surface area contributed by atoms with Crippen molar-refractivity contribution in [1.82, 2.24) is 9.80 Å². The summed E-state index contributed by atoms with van der Waals surface area (Å²) in [6.07, 6.45) is 1.93. The Balaban J connectivity index is 1.23. The molecule has 39 heavy (non-hydrogen) atoms. The molecule has 0 bridgehead atoms. The Kier molecular flexibility index (Phi) is 8.36. The monoisotopic (exact) mass is 580 g/mol. The molecule has 0 radical (unpaired) electrons. The molecule has 1 aliphatic carbocycles. The van der Waals surface area contributed by atoms with E-state index in [1.807, 2.05) is 12.1 Å². The Labute approximate surface area is 236 Å². The van der Waals surface area contributed by atoms with Crippen LogP contribution >= 0.6 is 23.2 Å². The summed E-state index contributed by atoms with van der Waals surface area (Å²) < 4.78 is 35.2. The molecule has 1 unspecified atom stereocenters. The number of amides is 1. The predicted octanol–water partition coefficient (Wildman–Crippen LogP) is 6.50. The van der Waals surface area contributed by atoms with Gasteiger partial charge in [-0.1, -0.05) is 29.3 Å². The molecule has 3 fully saturated rings. The van der Waals surface area contributed by atoms with Gasteiger partial charge in [-0.3, -0.25) is 9.69 Å². The van der Waals surface area contributed by atoms with Crippen molar-refractivity contribution in [2.75, 3.05) is 26.2 Å². The molecule has 1 amide bonds. The molecule has 5 rings (SSSR count). The van der Waals surface area contributed by atoms with Crippen LogP contribution in [0, 0.1) is 11.7 Å². The fourth-order valence-corrected chi connectivity index (χ4v) is 6.29. The molecule has 0 aromatic heterocycles. The van der Waals surface area contributed by atoms with E-state index in [9.17, 15) is 19.1 Å². The highest BCUT2D eigenvalue weighted by Gasteiger charge is 2.41. The Morgan fingerprint density at radius 1 is 1.13 bits per heavy atom. The van der Waals surface area contributed by atoms with Crippen LogP contribution in [-0.2, 0) is 4.79 Å². The normalized spacial score (nSPS) is 23.2. The number of halogens is 4. The van der Waals surface area contributed by atoms with E-state index >= 15 is 4.39 Å². The Morgan fingerprint density at radius 2 is 1.85 bits per heavy atom. The summed E-state index contributed by atoms with van der Waals surface area (Å²) in [4.78, 5) is 27.9. The van der Waals surface area contributed by atoms with E-state index in [-0.39, 0.29) is 30.5 Å². The van der Waals surface area contributed by atoms with E-state index < -0.39 is 29.9 Å². The minimum Gasteiger partial charge on any atom is -0.493 e.